The number of anilines is 6. The number of phenolic OH excluding ortho intramolecular Hbond substituents is 3. The molecular formula is C40H34Cl2CoN17Na4O17S3+3. The van der Waals surface area contributed by atoms with E-state index in [0.29, 0.717) is 6.07 Å². The van der Waals surface area contributed by atoms with Gasteiger partial charge in [-0.25, -0.2) is 5.10 Å². The number of aliphatic hydroxyl groups is 2. The number of non-ortho nitro benzene ring substituents is 1. The molecule has 84 heavy (non-hydrogen) atoms. The number of aromatic amines is 1. The number of aliphatic hydroxyl groups excluding tert-OH is 2. The normalized spacial score (nSPS) is 11.3. The molecule has 44 heteroatoms. The van der Waals surface area contributed by atoms with Crippen molar-refractivity contribution in [3.05, 3.63) is 97.4 Å². The first-order chi connectivity index (χ1) is 37.1. The summed E-state index contributed by atoms with van der Waals surface area (Å²) in [6, 6.07) is 10.2. The Morgan fingerprint density at radius 3 is 1.73 bits per heavy atom. The molecule has 0 unspecified atom stereocenters. The smallest absolute Gasteiger partial charge is 0.506 e. The Hall–Kier alpha value is -4.41. The van der Waals surface area contributed by atoms with Crippen LogP contribution in [-0.2, 0) is 47.1 Å². The second-order valence-electron chi connectivity index (χ2n) is 15.4. The third-order valence-electron chi connectivity index (χ3n) is 10.1. The van der Waals surface area contributed by atoms with Crippen molar-refractivity contribution >= 4 is 139 Å². The Kier molecular flexibility index (Phi) is 28.8. The number of rotatable bonds is 18. The van der Waals surface area contributed by atoms with Gasteiger partial charge in [-0.05, 0) is 71.1 Å². The summed E-state index contributed by atoms with van der Waals surface area (Å²) in [5.74, 6) is -2.47. The molecule has 8 aromatic rings. The van der Waals surface area contributed by atoms with Crippen LogP contribution < -0.4 is 145 Å². The van der Waals surface area contributed by atoms with Crippen LogP contribution in [-0.4, -0.2) is 136 Å². The van der Waals surface area contributed by atoms with E-state index in [2.05, 4.69) is 81.8 Å². The van der Waals surface area contributed by atoms with E-state index in [1.807, 2.05) is 0 Å². The van der Waals surface area contributed by atoms with E-state index < -0.39 is 101 Å². The van der Waals surface area contributed by atoms with Gasteiger partial charge in [0.1, 0.15) is 38.2 Å². The third kappa shape index (κ3) is 19.0. The van der Waals surface area contributed by atoms with Gasteiger partial charge in [-0.15, -0.1) is 15.9 Å². The number of hydrogen-bond donors (Lipinski definition) is 13. The molecule has 5 aromatic carbocycles. The molecule has 0 aliphatic rings. The van der Waals surface area contributed by atoms with E-state index in [1.54, 1.807) is 0 Å². The molecule has 0 aliphatic carbocycles. The fourth-order valence-electron chi connectivity index (χ4n) is 6.70. The number of nitrogens with zero attached hydrogens (tertiary/aromatic N) is 12. The van der Waals surface area contributed by atoms with Gasteiger partial charge in [0.15, 0.2) is 11.5 Å². The van der Waals surface area contributed by atoms with E-state index >= 15 is 0 Å². The number of hydrogen-bond acceptors (Lipinski definition) is 29. The van der Waals surface area contributed by atoms with Crippen molar-refractivity contribution in [3.63, 3.8) is 0 Å². The van der Waals surface area contributed by atoms with Gasteiger partial charge in [-0.3, -0.25) is 28.9 Å². The SMILES string of the molecule is Cc1n[nH]c(=O)[c-]1N=Nc1cc(S(=O)(=O)O)cc(Nc2nc(Cl)nc(NCCO)n2)c1O.O=[N+]([O-])c1ccc2c(N=Nc3c(S(=O)(=O)O)cc4cc(Nc5nc(Cl)nc(NCCO)n5)ccc4c3O)c(O)cc(S(=O)(=O)O)c2c1.[Co].[Na+].[Na+].[Na+].[Na+]. The van der Waals surface area contributed by atoms with Crippen LogP contribution in [0.15, 0.2) is 101 Å². The van der Waals surface area contributed by atoms with Crippen LogP contribution in [0.4, 0.5) is 63.6 Å². The number of nitrogens with one attached hydrogen (secondary N) is 5. The van der Waals surface area contributed by atoms with E-state index in [4.69, 9.17) is 33.4 Å². The van der Waals surface area contributed by atoms with Crippen molar-refractivity contribution in [2.75, 3.05) is 47.6 Å². The molecule has 423 valence electrons. The molecule has 0 spiro atoms. The molecule has 3 aromatic heterocycles. The van der Waals surface area contributed by atoms with Crippen LogP contribution in [0.2, 0.25) is 10.6 Å². The summed E-state index contributed by atoms with van der Waals surface area (Å²) in [5, 5.41) is 91.8. The van der Waals surface area contributed by atoms with Gasteiger partial charge in [0, 0.05) is 69.9 Å². The monoisotopic (exact) mass is 1340 g/mol. The predicted molar refractivity (Wildman–Crippen MR) is 276 cm³/mol. The number of azo groups is 2. The zero-order valence-corrected chi connectivity index (χ0v) is 56.5. The Balaban J connectivity index is 0.000000576. The number of H-pyrrole nitrogens is 1. The largest absolute Gasteiger partial charge is 1.00 e. The number of aromatic nitrogens is 8. The van der Waals surface area contributed by atoms with Crippen molar-refractivity contribution in [1.82, 2.24) is 40.1 Å². The van der Waals surface area contributed by atoms with Gasteiger partial charge in [-0.1, -0.05) is 12.6 Å². The molecule has 0 fully saturated rings. The topological polar surface area (TPSA) is 528 Å². The first-order valence-electron chi connectivity index (χ1n) is 21.3. The van der Waals surface area contributed by atoms with Crippen LogP contribution in [0.25, 0.3) is 21.5 Å². The Bertz CT molecular complexity index is 4240. The van der Waals surface area contributed by atoms with Crippen molar-refractivity contribution in [3.8, 4) is 17.2 Å². The number of halogens is 2. The number of aromatic hydroxyl groups is 3. The second-order valence-corrected chi connectivity index (χ2v) is 20.3. The number of aryl methyl sites for hydroxylation is 1. The maximum Gasteiger partial charge on any atom is 1.00 e. The van der Waals surface area contributed by atoms with Gasteiger partial charge in [0.25, 0.3) is 36.0 Å². The molecule has 0 saturated carbocycles. The number of nitro benzene ring substituents is 1. The molecule has 0 atom stereocenters. The molecule has 8 rings (SSSR count). The van der Waals surface area contributed by atoms with Crippen LogP contribution in [0.5, 0.6) is 17.2 Å². The average Bonchev–Trinajstić information content (AvgIpc) is 2.19. The van der Waals surface area contributed by atoms with Crippen molar-refractivity contribution in [2.24, 2.45) is 20.5 Å². The Morgan fingerprint density at radius 2 is 1.20 bits per heavy atom. The number of benzene rings is 5. The maximum absolute atomic E-state index is 12.4. The van der Waals surface area contributed by atoms with Crippen LogP contribution in [0.1, 0.15) is 5.69 Å². The maximum atomic E-state index is 12.4. The van der Waals surface area contributed by atoms with Crippen molar-refractivity contribution < 1.29 is 204 Å². The number of nitro groups is 1. The summed E-state index contributed by atoms with van der Waals surface area (Å²) in [4.78, 5) is 43.1. The molecule has 0 aliphatic heterocycles. The molecule has 34 nitrogen and oxygen atoms in total. The predicted octanol–water partition coefficient (Wildman–Crippen LogP) is -6.63. The van der Waals surface area contributed by atoms with Crippen molar-refractivity contribution in [1.29, 1.82) is 0 Å². The molecule has 0 bridgehead atoms. The fourth-order valence-corrected chi connectivity index (χ4v) is 8.91. The van der Waals surface area contributed by atoms with Gasteiger partial charge < -0.3 is 56.7 Å². The van der Waals surface area contributed by atoms with E-state index in [-0.39, 0.29) is 235 Å². The van der Waals surface area contributed by atoms with Crippen LogP contribution >= 0.6 is 23.2 Å². The molecule has 1 radical (unpaired) electrons. The van der Waals surface area contributed by atoms with Crippen LogP contribution in [0, 0.1) is 17.0 Å². The molecule has 13 N–H and O–H groups in total. The summed E-state index contributed by atoms with van der Waals surface area (Å²) in [5.41, 5.74) is -2.85. The summed E-state index contributed by atoms with van der Waals surface area (Å²) in [6.07, 6.45) is 0. The van der Waals surface area contributed by atoms with Gasteiger partial charge in [0.05, 0.1) is 28.7 Å². The molecule has 0 saturated heterocycles. The third-order valence-corrected chi connectivity index (χ3v) is 13.0. The van der Waals surface area contributed by atoms with Gasteiger partial charge in [0.2, 0.25) is 34.4 Å². The standard InChI is InChI=1S/C25H19ClN8O11S2.C15H15ClN9O6S.Co.4Na/c26-23-29-24(27-5-6-35)31-25(30-23)28-12-1-3-14-11(7-12)8-19(47(43,44)45)21(22(14)37)33-32-20-15-4-2-13(34(38)39)9-16(15)18(10-17(20)36)46(40,41)42;1-6-10(12(28)25-22-6)24-23-9-5-7(32(29,30)31)4-8(11(9)27)18-15-20-13(16)19-14(21-15)17-2-3-26;;;;;/h1-4,7-10,35-37H,5-6H2,(H,40,41,42)(H,43,44,45)(H2,27,28,29,30,31);4-5,26-27H,2-3H2,1H3,(H,25,28)(H,29,30,31)(H2,17,18,19,20,21);;;;;/q;-1;;4*+1. The number of phenols is 3. The average molecular weight is 1340 g/mol. The minimum atomic E-state index is -5.10. The van der Waals surface area contributed by atoms with E-state index in [9.17, 15) is 69.1 Å². The molecule has 0 amide bonds. The fraction of sp³-hybridized carbons (Fsp3) is 0.125. The Morgan fingerprint density at radius 1 is 0.655 bits per heavy atom. The first kappa shape index (κ1) is 75.7. The van der Waals surface area contributed by atoms with Gasteiger partial charge in [-0.2, -0.15) is 60.3 Å². The molecular weight excluding hydrogens is 1310 g/mol. The van der Waals surface area contributed by atoms with E-state index in [0.717, 1.165) is 36.4 Å². The number of fused-ring (bicyclic) bond motifs is 2. The van der Waals surface area contributed by atoms with Gasteiger partial charge >= 0.3 is 118 Å². The Labute approximate surface area is 580 Å². The summed E-state index contributed by atoms with van der Waals surface area (Å²) < 4.78 is 101. The van der Waals surface area contributed by atoms with Crippen molar-refractivity contribution in [2.45, 2.75) is 21.6 Å². The minimum absolute atomic E-state index is 0. The first-order valence-corrected chi connectivity index (χ1v) is 26.4. The molecule has 3 heterocycles. The summed E-state index contributed by atoms with van der Waals surface area (Å²) in [7, 11) is -14.8. The van der Waals surface area contributed by atoms with Crippen LogP contribution in [0.3, 0.4) is 0 Å². The second kappa shape index (κ2) is 32.0. The van der Waals surface area contributed by atoms with E-state index in [1.165, 1.54) is 25.1 Å². The summed E-state index contributed by atoms with van der Waals surface area (Å²) in [6.45, 7) is 1.31. The quantitative estimate of drug-likeness (QED) is 0.00722. The zero-order valence-electron chi connectivity index (χ0n) is 43.5. The minimum Gasteiger partial charge on any atom is -0.506 e. The zero-order chi connectivity index (χ0) is 57.7. The summed E-state index contributed by atoms with van der Waals surface area (Å²) >= 11 is 11.8.